The van der Waals surface area contributed by atoms with Gasteiger partial charge in [-0.05, 0) is 80.0 Å². The molecule has 2 aliphatic heterocycles. The van der Waals surface area contributed by atoms with Gasteiger partial charge in [-0.3, -0.25) is 9.69 Å². The van der Waals surface area contributed by atoms with E-state index in [0.717, 1.165) is 52.8 Å². The van der Waals surface area contributed by atoms with Crippen molar-refractivity contribution in [2.24, 2.45) is 0 Å². The van der Waals surface area contributed by atoms with E-state index in [1.54, 1.807) is 24.9 Å². The summed E-state index contributed by atoms with van der Waals surface area (Å²) in [6.45, 7) is 3.15. The van der Waals surface area contributed by atoms with Gasteiger partial charge in [0.1, 0.15) is 5.75 Å². The van der Waals surface area contributed by atoms with Crippen molar-refractivity contribution in [2.75, 3.05) is 25.5 Å². The van der Waals surface area contributed by atoms with Crippen LogP contribution in [0.4, 0.5) is 11.4 Å². The van der Waals surface area contributed by atoms with Gasteiger partial charge in [0.15, 0.2) is 5.78 Å². The Kier molecular flexibility index (Phi) is 6.02. The van der Waals surface area contributed by atoms with E-state index in [1.165, 1.54) is 17.7 Å². The van der Waals surface area contributed by atoms with E-state index >= 15 is 0 Å². The van der Waals surface area contributed by atoms with Crippen molar-refractivity contribution in [1.29, 1.82) is 0 Å². The Morgan fingerprint density at radius 2 is 1.84 bits per heavy atom. The van der Waals surface area contributed by atoms with Gasteiger partial charge in [0.2, 0.25) is 0 Å². The minimum atomic E-state index is -0.00429. The summed E-state index contributed by atoms with van der Waals surface area (Å²) in [7, 11) is 1.71. The zero-order chi connectivity index (χ0) is 21.9. The molecule has 1 saturated heterocycles. The number of methoxy groups -OCH3 is 1. The number of hydrogen-bond donors (Lipinski definition) is 1. The van der Waals surface area contributed by atoms with E-state index < -0.39 is 0 Å². The van der Waals surface area contributed by atoms with Crippen molar-refractivity contribution in [3.05, 3.63) is 83.4 Å². The van der Waals surface area contributed by atoms with Gasteiger partial charge in [-0.2, -0.15) is 0 Å². The van der Waals surface area contributed by atoms with Crippen LogP contribution in [0.25, 0.3) is 6.08 Å². The molecule has 0 aromatic heterocycles. The minimum absolute atomic E-state index is 0.00429. The Morgan fingerprint density at radius 1 is 1.03 bits per heavy atom. The second-order valence-corrected chi connectivity index (χ2v) is 9.27. The number of carbonyl (C=O) groups excluding carboxylic acids is 1. The number of para-hydroxylation sites is 1. The number of nitrogens with zero attached hydrogens (tertiary/aromatic N) is 1. The largest absolute Gasteiger partial charge is 0.496 e. The van der Waals surface area contributed by atoms with Crippen LogP contribution in [0.1, 0.15) is 34.3 Å². The lowest BCUT2D eigenvalue weighted by molar-refractivity contribution is 0.104. The molecule has 1 N–H and O–H groups in total. The Bertz CT molecular complexity index is 1180. The van der Waals surface area contributed by atoms with Crippen LogP contribution in [-0.4, -0.2) is 30.9 Å². The number of hydrogen-bond acceptors (Lipinski definition) is 5. The maximum Gasteiger partial charge on any atom is 0.185 e. The Labute approximate surface area is 193 Å². The first-order chi connectivity index (χ1) is 15.7. The molecule has 3 aromatic carbocycles. The van der Waals surface area contributed by atoms with Crippen LogP contribution in [0, 0.1) is 0 Å². The van der Waals surface area contributed by atoms with Crippen LogP contribution >= 0.6 is 11.8 Å². The molecular formula is C27H26N2O2S. The predicted octanol–water partition coefficient (Wildman–Crippen LogP) is 6.40. The summed E-state index contributed by atoms with van der Waals surface area (Å²) in [5, 5.41) is 3.45. The quantitative estimate of drug-likeness (QED) is 0.277. The first kappa shape index (κ1) is 20.9. The Hall–Kier alpha value is -3.02. The highest BCUT2D eigenvalue weighted by Gasteiger charge is 2.17. The van der Waals surface area contributed by atoms with Crippen LogP contribution < -0.4 is 10.1 Å². The molecule has 0 amide bonds. The smallest absolute Gasteiger partial charge is 0.185 e. The number of anilines is 2. The second kappa shape index (κ2) is 9.23. The predicted molar refractivity (Wildman–Crippen MR) is 131 cm³/mol. The van der Waals surface area contributed by atoms with Crippen molar-refractivity contribution in [1.82, 2.24) is 4.90 Å². The molecule has 32 heavy (non-hydrogen) atoms. The summed E-state index contributed by atoms with van der Waals surface area (Å²) in [6, 6.07) is 20.2. The zero-order valence-electron chi connectivity index (χ0n) is 18.1. The molecule has 0 spiro atoms. The molecule has 5 heteroatoms. The highest BCUT2D eigenvalue weighted by Crippen LogP contribution is 2.44. The number of nitrogens with one attached hydrogen (secondary N) is 1. The molecule has 0 aliphatic carbocycles. The van der Waals surface area contributed by atoms with Crippen LogP contribution in [-0.2, 0) is 6.54 Å². The number of ether oxygens (including phenoxy) is 1. The fraction of sp³-hybridized carbons (Fsp3) is 0.222. The average molecular weight is 443 g/mol. The molecule has 1 fully saturated rings. The SMILES string of the molecule is COc1ccc(/C=C/C(=O)c2ccc3c(c2)Nc2ccccc2S3)cc1CN1CCCC1. The van der Waals surface area contributed by atoms with Crippen molar-refractivity contribution in [3.8, 4) is 5.75 Å². The molecule has 3 aromatic rings. The van der Waals surface area contributed by atoms with Crippen LogP contribution in [0.2, 0.25) is 0 Å². The number of ketones is 1. The number of fused-ring (bicyclic) bond motifs is 2. The maximum absolute atomic E-state index is 12.9. The number of rotatable bonds is 6. The molecule has 0 unspecified atom stereocenters. The number of benzene rings is 3. The van der Waals surface area contributed by atoms with Gasteiger partial charge < -0.3 is 10.1 Å². The fourth-order valence-electron chi connectivity index (χ4n) is 4.27. The minimum Gasteiger partial charge on any atom is -0.496 e. The van der Waals surface area contributed by atoms with Crippen molar-refractivity contribution >= 4 is 35.0 Å². The first-order valence-corrected chi connectivity index (χ1v) is 11.8. The van der Waals surface area contributed by atoms with Gasteiger partial charge >= 0.3 is 0 Å². The normalized spacial score (nSPS) is 15.3. The van der Waals surface area contributed by atoms with E-state index in [9.17, 15) is 4.79 Å². The third-order valence-electron chi connectivity index (χ3n) is 5.96. The van der Waals surface area contributed by atoms with Crippen molar-refractivity contribution in [2.45, 2.75) is 29.2 Å². The fourth-order valence-corrected chi connectivity index (χ4v) is 5.24. The summed E-state index contributed by atoms with van der Waals surface area (Å²) in [6.07, 6.45) is 6.07. The second-order valence-electron chi connectivity index (χ2n) is 8.19. The van der Waals surface area contributed by atoms with Gasteiger partial charge in [-0.15, -0.1) is 0 Å². The highest BCUT2D eigenvalue weighted by atomic mass is 32.2. The summed E-state index contributed by atoms with van der Waals surface area (Å²) in [5.41, 5.74) is 4.91. The van der Waals surface area contributed by atoms with Crippen LogP contribution in [0.3, 0.4) is 0 Å². The summed E-state index contributed by atoms with van der Waals surface area (Å²) in [4.78, 5) is 17.7. The molecule has 4 nitrogen and oxygen atoms in total. The lowest BCUT2D eigenvalue weighted by Gasteiger charge is -2.20. The Morgan fingerprint density at radius 3 is 2.69 bits per heavy atom. The molecule has 0 saturated carbocycles. The van der Waals surface area contributed by atoms with E-state index in [0.29, 0.717) is 5.56 Å². The lowest BCUT2D eigenvalue weighted by atomic mass is 10.1. The molecule has 5 rings (SSSR count). The number of allylic oxidation sites excluding steroid dienone is 1. The number of likely N-dealkylation sites (tertiary alicyclic amines) is 1. The first-order valence-electron chi connectivity index (χ1n) is 11.0. The van der Waals surface area contributed by atoms with Crippen LogP contribution in [0.5, 0.6) is 5.75 Å². The van der Waals surface area contributed by atoms with Crippen molar-refractivity contribution in [3.63, 3.8) is 0 Å². The maximum atomic E-state index is 12.9. The molecule has 2 heterocycles. The molecule has 0 radical (unpaired) electrons. The van der Waals surface area contributed by atoms with E-state index in [-0.39, 0.29) is 5.78 Å². The standard InChI is InChI=1S/C27H26N2O2S/c1-31-25-12-9-19(16-21(25)18-29-14-4-5-15-29)8-11-24(30)20-10-13-27-23(17-20)28-22-6-2-3-7-26(22)32-27/h2-3,6-13,16-17,28H,4-5,14-15,18H2,1H3/b11-8+. The van der Waals surface area contributed by atoms with Gasteiger partial charge in [0.05, 0.1) is 18.5 Å². The third-order valence-corrected chi connectivity index (χ3v) is 7.12. The van der Waals surface area contributed by atoms with Crippen LogP contribution in [0.15, 0.2) is 76.5 Å². The molecule has 2 aliphatic rings. The number of carbonyl (C=O) groups is 1. The third kappa shape index (κ3) is 4.45. The summed E-state index contributed by atoms with van der Waals surface area (Å²) >= 11 is 1.72. The molecule has 0 atom stereocenters. The summed E-state index contributed by atoms with van der Waals surface area (Å²) < 4.78 is 5.56. The molecular weight excluding hydrogens is 416 g/mol. The van der Waals surface area contributed by atoms with E-state index in [2.05, 4.69) is 28.4 Å². The molecule has 162 valence electrons. The van der Waals surface area contributed by atoms with Gasteiger partial charge in [0.25, 0.3) is 0 Å². The Balaban J connectivity index is 1.32. The average Bonchev–Trinajstić information content (AvgIpc) is 3.34. The highest BCUT2D eigenvalue weighted by molar-refractivity contribution is 7.99. The van der Waals surface area contributed by atoms with Gasteiger partial charge in [-0.25, -0.2) is 0 Å². The lowest BCUT2D eigenvalue weighted by Crippen LogP contribution is -2.18. The molecule has 0 bridgehead atoms. The van der Waals surface area contributed by atoms with E-state index in [1.807, 2.05) is 48.5 Å². The zero-order valence-corrected chi connectivity index (χ0v) is 19.0. The van der Waals surface area contributed by atoms with E-state index in [4.69, 9.17) is 4.74 Å². The summed E-state index contributed by atoms with van der Waals surface area (Å²) in [5.74, 6) is 0.897. The topological polar surface area (TPSA) is 41.6 Å². The van der Waals surface area contributed by atoms with Crippen molar-refractivity contribution < 1.29 is 9.53 Å². The van der Waals surface area contributed by atoms with Gasteiger partial charge in [-0.1, -0.05) is 36.0 Å². The van der Waals surface area contributed by atoms with Gasteiger partial charge in [0, 0.05) is 27.5 Å². The monoisotopic (exact) mass is 442 g/mol.